The van der Waals surface area contributed by atoms with Crippen molar-refractivity contribution in [3.63, 3.8) is 0 Å². The summed E-state index contributed by atoms with van der Waals surface area (Å²) in [7, 11) is -4.05. The number of carbonyl (C=O) groups excluding carboxylic acids is 1. The Kier molecular flexibility index (Phi) is 4.81. The van der Waals surface area contributed by atoms with Gasteiger partial charge in [0, 0.05) is 6.42 Å². The molecular formula is C17H15Cl2NO4S. The zero-order valence-electron chi connectivity index (χ0n) is 12.9. The molecule has 1 heterocycles. The molecule has 0 saturated carbocycles. The summed E-state index contributed by atoms with van der Waals surface area (Å²) in [6, 6.07) is 12.2. The first-order valence-electron chi connectivity index (χ1n) is 7.52. The van der Waals surface area contributed by atoms with E-state index in [0.717, 1.165) is 0 Å². The van der Waals surface area contributed by atoms with Gasteiger partial charge in [0.05, 0.1) is 14.9 Å². The molecule has 2 aromatic carbocycles. The molecule has 0 aliphatic carbocycles. The van der Waals surface area contributed by atoms with Crippen LogP contribution in [0.3, 0.4) is 0 Å². The summed E-state index contributed by atoms with van der Waals surface area (Å²) < 4.78 is 25.1. The van der Waals surface area contributed by atoms with Crippen LogP contribution in [0.15, 0.2) is 53.4 Å². The highest BCUT2D eigenvalue weighted by Crippen LogP contribution is 2.45. The van der Waals surface area contributed by atoms with Gasteiger partial charge in [0.1, 0.15) is 4.75 Å². The van der Waals surface area contributed by atoms with Gasteiger partial charge in [0.15, 0.2) is 16.1 Å². The molecule has 1 amide bonds. The van der Waals surface area contributed by atoms with Crippen LogP contribution in [0.4, 0.5) is 0 Å². The van der Waals surface area contributed by atoms with Crippen LogP contribution in [0.2, 0.25) is 10.0 Å². The van der Waals surface area contributed by atoms with Crippen LogP contribution in [-0.2, 0) is 19.4 Å². The first kappa shape index (κ1) is 18.2. The predicted molar refractivity (Wildman–Crippen MR) is 95.2 cm³/mol. The number of sulfone groups is 1. The van der Waals surface area contributed by atoms with E-state index in [1.807, 2.05) is 0 Å². The number of halogens is 2. The normalized spacial score (nSPS) is 24.0. The van der Waals surface area contributed by atoms with E-state index in [9.17, 15) is 18.3 Å². The number of benzene rings is 2. The largest absolute Gasteiger partial charge is 0.372 e. The lowest BCUT2D eigenvalue weighted by Gasteiger charge is -2.41. The molecule has 0 radical (unpaired) electrons. The SMILES string of the molecule is O=C1CCC(c2ccc(Cl)c(Cl)c2)(S(=O)(=O)c2ccccc2)C(O)N1. The molecule has 8 heteroatoms. The number of hydrogen-bond acceptors (Lipinski definition) is 4. The highest BCUT2D eigenvalue weighted by Gasteiger charge is 2.54. The fourth-order valence-corrected chi connectivity index (χ4v) is 5.48. The standard InChI is InChI=1S/C17H15Cl2NO4S/c18-13-7-6-11(10-14(13)19)17(9-8-15(21)20-16(17)22)25(23,24)12-4-2-1-3-5-12/h1-7,10,16,22H,8-9H2,(H,20,21). The third-order valence-electron chi connectivity index (χ3n) is 4.40. The Morgan fingerprint density at radius 1 is 1.08 bits per heavy atom. The van der Waals surface area contributed by atoms with Crippen LogP contribution in [0, 0.1) is 0 Å². The number of hydrogen-bond donors (Lipinski definition) is 2. The quantitative estimate of drug-likeness (QED) is 0.830. The second-order valence-electron chi connectivity index (χ2n) is 5.80. The van der Waals surface area contributed by atoms with E-state index in [1.165, 1.54) is 30.3 Å². The molecule has 2 N–H and O–H groups in total. The Morgan fingerprint density at radius 3 is 2.36 bits per heavy atom. The van der Waals surface area contributed by atoms with E-state index in [4.69, 9.17) is 23.2 Å². The maximum absolute atomic E-state index is 13.4. The Hall–Kier alpha value is -1.60. The number of carbonyl (C=O) groups is 1. The lowest BCUT2D eigenvalue weighted by molar-refractivity contribution is -0.128. The van der Waals surface area contributed by atoms with Crippen molar-refractivity contribution in [2.75, 3.05) is 0 Å². The first-order valence-corrected chi connectivity index (χ1v) is 9.75. The molecule has 25 heavy (non-hydrogen) atoms. The zero-order chi connectivity index (χ0) is 18.2. The number of rotatable bonds is 3. The average Bonchev–Trinajstić information content (AvgIpc) is 2.58. The van der Waals surface area contributed by atoms with Crippen LogP contribution in [0.5, 0.6) is 0 Å². The molecule has 1 aliphatic heterocycles. The van der Waals surface area contributed by atoms with Gasteiger partial charge in [-0.3, -0.25) is 4.79 Å². The van der Waals surface area contributed by atoms with E-state index < -0.39 is 26.7 Å². The molecule has 0 spiro atoms. The second kappa shape index (κ2) is 6.61. The molecule has 2 atom stereocenters. The minimum Gasteiger partial charge on any atom is -0.372 e. The summed E-state index contributed by atoms with van der Waals surface area (Å²) in [5.41, 5.74) is 0.276. The summed E-state index contributed by atoms with van der Waals surface area (Å²) in [5, 5.41) is 13.4. The molecule has 2 aromatic rings. The van der Waals surface area contributed by atoms with Gasteiger partial charge in [-0.1, -0.05) is 47.5 Å². The van der Waals surface area contributed by atoms with Crippen molar-refractivity contribution in [3.05, 3.63) is 64.1 Å². The van der Waals surface area contributed by atoms with Crippen LogP contribution < -0.4 is 5.32 Å². The number of aliphatic hydroxyl groups is 1. The maximum atomic E-state index is 13.4. The third kappa shape index (κ3) is 2.93. The molecule has 3 rings (SSSR count). The van der Waals surface area contributed by atoms with Crippen LogP contribution in [-0.4, -0.2) is 25.7 Å². The van der Waals surface area contributed by atoms with Gasteiger partial charge in [-0.2, -0.15) is 0 Å². The van der Waals surface area contributed by atoms with Crippen molar-refractivity contribution >= 4 is 38.9 Å². The fraction of sp³-hybridized carbons (Fsp3) is 0.235. The molecule has 132 valence electrons. The zero-order valence-corrected chi connectivity index (χ0v) is 15.3. The fourth-order valence-electron chi connectivity index (χ4n) is 3.09. The highest BCUT2D eigenvalue weighted by atomic mass is 35.5. The van der Waals surface area contributed by atoms with Crippen LogP contribution in [0.1, 0.15) is 18.4 Å². The van der Waals surface area contributed by atoms with Gasteiger partial charge < -0.3 is 10.4 Å². The summed E-state index contributed by atoms with van der Waals surface area (Å²) in [6.45, 7) is 0. The second-order valence-corrected chi connectivity index (χ2v) is 8.83. The van der Waals surface area contributed by atoms with Gasteiger partial charge in [-0.15, -0.1) is 0 Å². The summed E-state index contributed by atoms with van der Waals surface area (Å²) in [6.07, 6.45) is -1.73. The Bertz CT molecular complexity index is 918. The molecule has 2 unspecified atom stereocenters. The lowest BCUT2D eigenvalue weighted by atomic mass is 9.88. The van der Waals surface area contributed by atoms with Gasteiger partial charge in [0.2, 0.25) is 5.91 Å². The molecule has 1 saturated heterocycles. The van der Waals surface area contributed by atoms with E-state index in [0.29, 0.717) is 0 Å². The minimum atomic E-state index is -4.05. The predicted octanol–water partition coefficient (Wildman–Crippen LogP) is 2.89. The van der Waals surface area contributed by atoms with Crippen LogP contribution in [0.25, 0.3) is 0 Å². The first-order chi connectivity index (χ1) is 11.8. The monoisotopic (exact) mass is 399 g/mol. The molecule has 5 nitrogen and oxygen atoms in total. The topological polar surface area (TPSA) is 83.5 Å². The van der Waals surface area contributed by atoms with E-state index in [-0.39, 0.29) is 33.3 Å². The Morgan fingerprint density at radius 2 is 1.76 bits per heavy atom. The smallest absolute Gasteiger partial charge is 0.222 e. The van der Waals surface area contributed by atoms with Gasteiger partial charge in [-0.05, 0) is 36.2 Å². The molecule has 1 aliphatic rings. The van der Waals surface area contributed by atoms with Crippen molar-refractivity contribution in [2.24, 2.45) is 0 Å². The van der Waals surface area contributed by atoms with Gasteiger partial charge >= 0.3 is 0 Å². The van der Waals surface area contributed by atoms with Crippen LogP contribution >= 0.6 is 23.2 Å². The van der Waals surface area contributed by atoms with Gasteiger partial charge in [0.25, 0.3) is 0 Å². The number of piperidine rings is 1. The van der Waals surface area contributed by atoms with E-state index in [2.05, 4.69) is 5.32 Å². The molecular weight excluding hydrogens is 385 g/mol. The third-order valence-corrected chi connectivity index (χ3v) is 7.66. The summed E-state index contributed by atoms with van der Waals surface area (Å²) >= 11 is 12.0. The van der Waals surface area contributed by atoms with Crippen molar-refractivity contribution in [3.8, 4) is 0 Å². The maximum Gasteiger partial charge on any atom is 0.222 e. The minimum absolute atomic E-state index is 0.0383. The van der Waals surface area contributed by atoms with Crippen molar-refractivity contribution in [1.29, 1.82) is 0 Å². The number of nitrogens with one attached hydrogen (secondary N) is 1. The number of aliphatic hydroxyl groups excluding tert-OH is 1. The van der Waals surface area contributed by atoms with E-state index in [1.54, 1.807) is 18.2 Å². The number of amides is 1. The molecule has 0 bridgehead atoms. The molecule has 1 fully saturated rings. The van der Waals surface area contributed by atoms with Crippen molar-refractivity contribution in [1.82, 2.24) is 5.32 Å². The summed E-state index contributed by atoms with van der Waals surface area (Å²) in [4.78, 5) is 11.7. The lowest BCUT2D eigenvalue weighted by Crippen LogP contribution is -2.58. The average molecular weight is 400 g/mol. The highest BCUT2D eigenvalue weighted by molar-refractivity contribution is 7.92. The summed E-state index contributed by atoms with van der Waals surface area (Å²) in [5.74, 6) is -0.411. The van der Waals surface area contributed by atoms with Crippen molar-refractivity contribution < 1.29 is 18.3 Å². The Balaban J connectivity index is 2.26. The Labute approximate surface area is 155 Å². The van der Waals surface area contributed by atoms with E-state index >= 15 is 0 Å². The molecule has 0 aromatic heterocycles. The van der Waals surface area contributed by atoms with Gasteiger partial charge in [-0.25, -0.2) is 8.42 Å². The van der Waals surface area contributed by atoms with Crippen molar-refractivity contribution in [2.45, 2.75) is 28.7 Å².